The van der Waals surface area contributed by atoms with Gasteiger partial charge < -0.3 is 11.5 Å². The van der Waals surface area contributed by atoms with Gasteiger partial charge in [0.15, 0.2) is 0 Å². The van der Waals surface area contributed by atoms with Gasteiger partial charge in [0.05, 0.1) is 12.1 Å². The standard InChI is InChI=1S/C10H13NO.C6H13NOS.2C2H6/c1-8(12)10(11)7-9-5-3-2-4-6-9;1-5(8)6(7)3-4-9-2;2*1-2/h2-6,10H,7,11H2,1H3;6H,3-4,7H2,1-2H3;2*1-2H3. The van der Waals surface area contributed by atoms with Crippen molar-refractivity contribution in [2.75, 3.05) is 12.0 Å². The van der Waals surface area contributed by atoms with Gasteiger partial charge >= 0.3 is 0 Å². The predicted octanol–water partition coefficient (Wildman–Crippen LogP) is 3.85. The minimum Gasteiger partial charge on any atom is -0.321 e. The summed E-state index contributed by atoms with van der Waals surface area (Å²) in [5, 5.41) is 0. The predicted molar refractivity (Wildman–Crippen MR) is 113 cm³/mol. The van der Waals surface area contributed by atoms with Gasteiger partial charge in [-0.25, -0.2) is 0 Å². The van der Waals surface area contributed by atoms with Crippen LogP contribution in [0.5, 0.6) is 0 Å². The van der Waals surface area contributed by atoms with Crippen LogP contribution in [0.3, 0.4) is 0 Å². The Bertz CT molecular complexity index is 425. The van der Waals surface area contributed by atoms with Gasteiger partial charge in [-0.3, -0.25) is 9.59 Å². The van der Waals surface area contributed by atoms with Gasteiger partial charge in [0, 0.05) is 0 Å². The number of hydrogen-bond donors (Lipinski definition) is 2. The average molecular weight is 371 g/mol. The molecular weight excluding hydrogens is 332 g/mol. The lowest BCUT2D eigenvalue weighted by molar-refractivity contribution is -0.119. The minimum atomic E-state index is -0.354. The molecule has 0 radical (unpaired) electrons. The van der Waals surface area contributed by atoms with Crippen LogP contribution in [-0.4, -0.2) is 35.7 Å². The summed E-state index contributed by atoms with van der Waals surface area (Å²) in [5.41, 5.74) is 12.1. The number of thioether (sulfide) groups is 1. The van der Waals surface area contributed by atoms with Gasteiger partial charge in [-0.15, -0.1) is 0 Å². The Labute approximate surface area is 159 Å². The van der Waals surface area contributed by atoms with Crippen LogP contribution in [0.25, 0.3) is 0 Å². The third-order valence-electron chi connectivity index (χ3n) is 2.98. The lowest BCUT2D eigenvalue weighted by Gasteiger charge is -2.06. The molecule has 5 heteroatoms. The zero-order valence-corrected chi connectivity index (χ0v) is 17.9. The maximum Gasteiger partial charge on any atom is 0.146 e. The molecule has 0 heterocycles. The summed E-state index contributed by atoms with van der Waals surface area (Å²) in [5.74, 6) is 1.10. The van der Waals surface area contributed by atoms with Gasteiger partial charge in [0.1, 0.15) is 11.6 Å². The van der Waals surface area contributed by atoms with Gasteiger partial charge in [0.2, 0.25) is 0 Å². The van der Waals surface area contributed by atoms with Crippen LogP contribution in [0.15, 0.2) is 30.3 Å². The molecule has 1 aromatic rings. The number of ketones is 2. The first-order valence-corrected chi connectivity index (χ1v) is 10.3. The Balaban J connectivity index is -0.000000332. The highest BCUT2D eigenvalue weighted by molar-refractivity contribution is 7.98. The highest BCUT2D eigenvalue weighted by Crippen LogP contribution is 2.01. The van der Waals surface area contributed by atoms with Gasteiger partial charge in [0.25, 0.3) is 0 Å². The molecule has 0 aromatic heterocycles. The second kappa shape index (κ2) is 20.9. The first-order valence-electron chi connectivity index (χ1n) is 8.93. The molecule has 0 saturated carbocycles. The molecule has 25 heavy (non-hydrogen) atoms. The molecular formula is C20H38N2O2S. The molecule has 4 nitrogen and oxygen atoms in total. The molecule has 0 aliphatic carbocycles. The van der Waals surface area contributed by atoms with Crippen molar-refractivity contribution in [3.8, 4) is 0 Å². The van der Waals surface area contributed by atoms with Crippen LogP contribution >= 0.6 is 11.8 Å². The zero-order chi connectivity index (χ0) is 20.3. The second-order valence-corrected chi connectivity index (χ2v) is 5.89. The van der Waals surface area contributed by atoms with E-state index in [-0.39, 0.29) is 23.7 Å². The van der Waals surface area contributed by atoms with Crippen LogP contribution in [-0.2, 0) is 16.0 Å². The van der Waals surface area contributed by atoms with Crippen molar-refractivity contribution in [3.63, 3.8) is 0 Å². The fourth-order valence-electron chi connectivity index (χ4n) is 1.46. The van der Waals surface area contributed by atoms with Crippen molar-refractivity contribution >= 4 is 23.3 Å². The Morgan fingerprint density at radius 1 is 0.920 bits per heavy atom. The number of carbonyl (C=O) groups excluding carboxylic acids is 2. The Kier molecular flexibility index (Phi) is 23.9. The normalized spacial score (nSPS) is 11.2. The maximum atomic E-state index is 10.8. The highest BCUT2D eigenvalue weighted by atomic mass is 32.2. The molecule has 0 amide bonds. The molecule has 1 aromatic carbocycles. The monoisotopic (exact) mass is 370 g/mol. The molecule has 146 valence electrons. The van der Waals surface area contributed by atoms with E-state index in [1.807, 2.05) is 64.3 Å². The fourth-order valence-corrected chi connectivity index (χ4v) is 1.95. The van der Waals surface area contributed by atoms with E-state index in [9.17, 15) is 9.59 Å². The molecule has 0 aliphatic rings. The van der Waals surface area contributed by atoms with Crippen LogP contribution in [0, 0.1) is 0 Å². The maximum absolute atomic E-state index is 10.8. The van der Waals surface area contributed by atoms with E-state index in [4.69, 9.17) is 11.5 Å². The summed E-state index contributed by atoms with van der Waals surface area (Å²) < 4.78 is 0. The first kappa shape index (κ1) is 28.6. The lowest BCUT2D eigenvalue weighted by atomic mass is 10.0. The molecule has 0 saturated heterocycles. The van der Waals surface area contributed by atoms with Crippen molar-refractivity contribution in [2.24, 2.45) is 11.5 Å². The number of carbonyl (C=O) groups is 2. The van der Waals surface area contributed by atoms with Gasteiger partial charge in [-0.1, -0.05) is 58.0 Å². The number of benzene rings is 1. The molecule has 0 fully saturated rings. The molecule has 0 spiro atoms. The largest absolute Gasteiger partial charge is 0.321 e. The third kappa shape index (κ3) is 19.0. The van der Waals surface area contributed by atoms with E-state index >= 15 is 0 Å². The number of hydrogen-bond acceptors (Lipinski definition) is 5. The van der Waals surface area contributed by atoms with Crippen molar-refractivity contribution in [3.05, 3.63) is 35.9 Å². The zero-order valence-electron chi connectivity index (χ0n) is 17.0. The quantitative estimate of drug-likeness (QED) is 0.761. The first-order chi connectivity index (χ1) is 11.9. The summed E-state index contributed by atoms with van der Waals surface area (Å²) in [6.45, 7) is 11.1. The SMILES string of the molecule is CC.CC.CC(=O)C(N)Cc1ccccc1.CSCCC(N)C(C)=O. The topological polar surface area (TPSA) is 86.2 Å². The Morgan fingerprint density at radius 3 is 1.72 bits per heavy atom. The van der Waals surface area contributed by atoms with Crippen LogP contribution in [0.1, 0.15) is 53.5 Å². The lowest BCUT2D eigenvalue weighted by Crippen LogP contribution is -2.30. The van der Waals surface area contributed by atoms with E-state index in [1.165, 1.54) is 13.8 Å². The van der Waals surface area contributed by atoms with Crippen molar-refractivity contribution in [1.29, 1.82) is 0 Å². The van der Waals surface area contributed by atoms with E-state index in [2.05, 4.69) is 0 Å². The summed E-state index contributed by atoms with van der Waals surface area (Å²) in [7, 11) is 0. The van der Waals surface area contributed by atoms with E-state index in [0.29, 0.717) is 6.42 Å². The van der Waals surface area contributed by atoms with Gasteiger partial charge in [-0.05, 0) is 44.3 Å². The average Bonchev–Trinajstić information content (AvgIpc) is 2.64. The van der Waals surface area contributed by atoms with E-state index in [0.717, 1.165) is 17.7 Å². The number of rotatable bonds is 7. The molecule has 0 bridgehead atoms. The van der Waals surface area contributed by atoms with Gasteiger partial charge in [-0.2, -0.15) is 11.8 Å². The van der Waals surface area contributed by atoms with Crippen LogP contribution in [0.4, 0.5) is 0 Å². The molecule has 2 unspecified atom stereocenters. The second-order valence-electron chi connectivity index (χ2n) is 4.91. The molecule has 1 rings (SSSR count). The number of nitrogens with two attached hydrogens (primary N) is 2. The summed E-state index contributed by atoms with van der Waals surface area (Å²) in [6, 6.07) is 9.20. The Hall–Kier alpha value is -1.17. The third-order valence-corrected chi connectivity index (χ3v) is 3.62. The fraction of sp³-hybridized carbons (Fsp3) is 0.600. The smallest absolute Gasteiger partial charge is 0.146 e. The Morgan fingerprint density at radius 2 is 1.36 bits per heavy atom. The van der Waals surface area contributed by atoms with E-state index < -0.39 is 0 Å². The van der Waals surface area contributed by atoms with E-state index in [1.54, 1.807) is 11.8 Å². The van der Waals surface area contributed by atoms with Crippen molar-refractivity contribution in [1.82, 2.24) is 0 Å². The van der Waals surface area contributed by atoms with Crippen LogP contribution in [0.2, 0.25) is 0 Å². The highest BCUT2D eigenvalue weighted by Gasteiger charge is 2.07. The minimum absolute atomic E-state index is 0.0406. The number of Topliss-reactive ketones (excluding diaryl/α,β-unsaturated/α-hetero) is 2. The molecule has 2 atom stereocenters. The summed E-state index contributed by atoms with van der Waals surface area (Å²) in [6.07, 6.45) is 3.44. The van der Waals surface area contributed by atoms with Crippen molar-refractivity contribution in [2.45, 2.75) is 66.5 Å². The van der Waals surface area contributed by atoms with Crippen molar-refractivity contribution < 1.29 is 9.59 Å². The summed E-state index contributed by atoms with van der Waals surface area (Å²) in [4.78, 5) is 21.3. The molecule has 4 N–H and O–H groups in total. The molecule has 0 aliphatic heterocycles. The van der Waals surface area contributed by atoms with Crippen LogP contribution < -0.4 is 11.5 Å². The summed E-state index contributed by atoms with van der Waals surface area (Å²) >= 11 is 1.72.